The number of pyridine rings is 2. The van der Waals surface area contributed by atoms with Gasteiger partial charge in [-0.25, -0.2) is 14.1 Å². The van der Waals surface area contributed by atoms with Gasteiger partial charge in [0.15, 0.2) is 5.03 Å². The molecular weight excluding hydrogens is 495 g/mol. The maximum atomic E-state index is 13.4. The fourth-order valence-electron chi connectivity index (χ4n) is 3.89. The summed E-state index contributed by atoms with van der Waals surface area (Å²) in [5.41, 5.74) is -0.106. The van der Waals surface area contributed by atoms with Crippen LogP contribution in [0.4, 0.5) is 10.2 Å². The van der Waals surface area contributed by atoms with Gasteiger partial charge in [-0.1, -0.05) is 24.6 Å². The van der Waals surface area contributed by atoms with Gasteiger partial charge in [-0.15, -0.1) is 0 Å². The van der Waals surface area contributed by atoms with E-state index in [0.29, 0.717) is 18.3 Å². The summed E-state index contributed by atoms with van der Waals surface area (Å²) >= 11 is 5.76. The number of anilines is 1. The van der Waals surface area contributed by atoms with Crippen molar-refractivity contribution < 1.29 is 22.3 Å². The molecule has 1 fully saturated rings. The van der Waals surface area contributed by atoms with Crippen LogP contribution in [0.5, 0.6) is 11.6 Å². The summed E-state index contributed by atoms with van der Waals surface area (Å²) < 4.78 is 46.9. The molecule has 35 heavy (non-hydrogen) atoms. The van der Waals surface area contributed by atoms with Crippen LogP contribution in [-0.4, -0.2) is 36.4 Å². The van der Waals surface area contributed by atoms with Crippen LogP contribution in [0.3, 0.4) is 0 Å². The van der Waals surface area contributed by atoms with Crippen molar-refractivity contribution in [2.45, 2.75) is 37.8 Å². The average Bonchev–Trinajstić information content (AvgIpc) is 3.08. The minimum absolute atomic E-state index is 0.0714. The number of nitrogens with one attached hydrogen (secondary N) is 1. The van der Waals surface area contributed by atoms with Crippen LogP contribution in [-0.2, 0) is 10.0 Å². The fraction of sp³-hybridized carbons (Fsp3) is 0.292. The third kappa shape index (κ3) is 5.08. The highest BCUT2D eigenvalue weighted by Crippen LogP contribution is 2.38. The molecule has 3 aromatic rings. The first-order valence-electron chi connectivity index (χ1n) is 10.9. The number of aromatic nitrogens is 2. The molecule has 1 aliphatic rings. The van der Waals surface area contributed by atoms with Gasteiger partial charge in [0.1, 0.15) is 17.4 Å². The number of ether oxygens (including phenoxy) is 1. The van der Waals surface area contributed by atoms with Gasteiger partial charge in [0.05, 0.1) is 10.6 Å². The minimum Gasteiger partial charge on any atom is -0.439 e. The van der Waals surface area contributed by atoms with E-state index in [1.165, 1.54) is 36.4 Å². The molecule has 1 aliphatic heterocycles. The number of carbonyl (C=O) groups excluding carboxylic acids is 1. The van der Waals surface area contributed by atoms with Crippen LogP contribution in [0.25, 0.3) is 0 Å². The van der Waals surface area contributed by atoms with Crippen molar-refractivity contribution in [1.29, 1.82) is 0 Å². The zero-order chi connectivity index (χ0) is 25.4. The van der Waals surface area contributed by atoms with E-state index < -0.39 is 26.8 Å². The second-order valence-electron chi connectivity index (χ2n) is 8.80. The number of hydrogen-bond acceptors (Lipinski definition) is 7. The molecule has 0 radical (unpaired) electrons. The van der Waals surface area contributed by atoms with Crippen LogP contribution in [0.15, 0.2) is 59.8 Å². The topological polar surface area (TPSA) is 101 Å². The SMILES string of the molecule is CC1CCN(c2ncccc2C(=O)NS(=O)(=O)c2cccc(Oc3ccc(F)c(Cl)c3)n2)C1(C)C. The Balaban J connectivity index is 1.57. The molecular formula is C24H24ClFN4O4S. The zero-order valence-corrected chi connectivity index (χ0v) is 20.9. The Kier molecular flexibility index (Phi) is 6.70. The van der Waals surface area contributed by atoms with Crippen LogP contribution in [0, 0.1) is 11.7 Å². The first-order chi connectivity index (χ1) is 16.5. The highest BCUT2D eigenvalue weighted by molar-refractivity contribution is 7.90. The molecule has 1 atom stereocenters. The predicted octanol–water partition coefficient (Wildman–Crippen LogP) is 4.80. The molecule has 8 nitrogen and oxygen atoms in total. The smallest absolute Gasteiger partial charge is 0.281 e. The van der Waals surface area contributed by atoms with Crippen LogP contribution < -0.4 is 14.4 Å². The largest absolute Gasteiger partial charge is 0.439 e. The standard InChI is InChI=1S/C24H24ClFN4O4S/c1-15-11-13-30(24(15,2)3)22-17(6-5-12-27-22)23(31)29-35(32,33)21-8-4-7-20(28-21)34-16-9-10-19(26)18(25)14-16/h4-10,12,14-15H,11,13H2,1-3H3,(H,29,31). The van der Waals surface area contributed by atoms with Crippen molar-refractivity contribution in [2.24, 2.45) is 5.92 Å². The van der Waals surface area contributed by atoms with Crippen molar-refractivity contribution in [3.05, 3.63) is 71.1 Å². The number of halogens is 2. The highest BCUT2D eigenvalue weighted by Gasteiger charge is 2.40. The Bertz CT molecular complexity index is 1380. The summed E-state index contributed by atoms with van der Waals surface area (Å²) in [6.45, 7) is 6.98. The summed E-state index contributed by atoms with van der Waals surface area (Å²) in [7, 11) is -4.34. The van der Waals surface area contributed by atoms with E-state index in [2.05, 4.69) is 35.5 Å². The normalized spacial score (nSPS) is 17.3. The van der Waals surface area contributed by atoms with Crippen molar-refractivity contribution in [3.8, 4) is 11.6 Å². The molecule has 0 saturated carbocycles. The van der Waals surface area contributed by atoms with E-state index >= 15 is 0 Å². The van der Waals surface area contributed by atoms with Gasteiger partial charge < -0.3 is 9.64 Å². The Morgan fingerprint density at radius 3 is 2.69 bits per heavy atom. The lowest BCUT2D eigenvalue weighted by atomic mass is 9.90. The summed E-state index contributed by atoms with van der Waals surface area (Å²) in [5.74, 6) is -0.544. The number of amides is 1. The van der Waals surface area contributed by atoms with Gasteiger partial charge in [-0.3, -0.25) is 4.79 Å². The molecule has 11 heteroatoms. The average molecular weight is 519 g/mol. The van der Waals surface area contributed by atoms with Gasteiger partial charge in [-0.05, 0) is 56.5 Å². The van der Waals surface area contributed by atoms with Gasteiger partial charge in [-0.2, -0.15) is 13.4 Å². The van der Waals surface area contributed by atoms with E-state index in [0.717, 1.165) is 12.5 Å². The third-order valence-corrected chi connectivity index (χ3v) is 7.81. The summed E-state index contributed by atoms with van der Waals surface area (Å²) in [5, 5.41) is -0.571. The van der Waals surface area contributed by atoms with Gasteiger partial charge in [0.2, 0.25) is 5.88 Å². The number of rotatable bonds is 6. The molecule has 4 rings (SSSR count). The summed E-state index contributed by atoms with van der Waals surface area (Å²) in [4.78, 5) is 23.5. The number of hydrogen-bond donors (Lipinski definition) is 1. The van der Waals surface area contributed by atoms with Crippen LogP contribution >= 0.6 is 11.6 Å². The fourth-order valence-corrected chi connectivity index (χ4v) is 4.99. The molecule has 0 bridgehead atoms. The molecule has 0 aliphatic carbocycles. The first kappa shape index (κ1) is 24.9. The molecule has 184 valence electrons. The number of benzene rings is 1. The Labute approximate surface area is 208 Å². The Morgan fingerprint density at radius 1 is 1.23 bits per heavy atom. The van der Waals surface area contributed by atoms with Crippen molar-refractivity contribution in [2.75, 3.05) is 11.4 Å². The Morgan fingerprint density at radius 2 is 2.00 bits per heavy atom. The van der Waals surface area contributed by atoms with E-state index in [1.807, 2.05) is 4.90 Å². The van der Waals surface area contributed by atoms with Crippen LogP contribution in [0.2, 0.25) is 5.02 Å². The number of nitrogens with zero attached hydrogens (tertiary/aromatic N) is 3. The second-order valence-corrected chi connectivity index (χ2v) is 10.8. The van der Waals surface area contributed by atoms with Crippen molar-refractivity contribution in [1.82, 2.24) is 14.7 Å². The highest BCUT2D eigenvalue weighted by atomic mass is 35.5. The first-order valence-corrected chi connectivity index (χ1v) is 12.7. The van der Waals surface area contributed by atoms with Gasteiger partial charge >= 0.3 is 0 Å². The van der Waals surface area contributed by atoms with E-state index in [4.69, 9.17) is 16.3 Å². The number of carbonyl (C=O) groups is 1. The zero-order valence-electron chi connectivity index (χ0n) is 19.3. The quantitative estimate of drug-likeness (QED) is 0.500. The van der Waals surface area contributed by atoms with Gasteiger partial charge in [0.25, 0.3) is 15.9 Å². The number of sulfonamides is 1. The molecule has 1 aromatic carbocycles. The lowest BCUT2D eigenvalue weighted by molar-refractivity contribution is 0.0981. The Hall–Kier alpha value is -3.24. The molecule has 1 amide bonds. The molecule has 0 spiro atoms. The van der Waals surface area contributed by atoms with E-state index in [9.17, 15) is 17.6 Å². The monoisotopic (exact) mass is 518 g/mol. The van der Waals surface area contributed by atoms with E-state index in [1.54, 1.807) is 12.3 Å². The van der Waals surface area contributed by atoms with Gasteiger partial charge in [0, 0.05) is 30.4 Å². The molecule has 2 aromatic heterocycles. The maximum Gasteiger partial charge on any atom is 0.281 e. The van der Waals surface area contributed by atoms with Crippen LogP contribution in [0.1, 0.15) is 37.6 Å². The lowest BCUT2D eigenvalue weighted by Crippen LogP contribution is -2.43. The molecule has 1 saturated heterocycles. The molecule has 1 unspecified atom stereocenters. The third-order valence-electron chi connectivity index (χ3n) is 6.29. The molecule has 1 N–H and O–H groups in total. The second kappa shape index (κ2) is 9.43. The maximum absolute atomic E-state index is 13.4. The van der Waals surface area contributed by atoms with Crippen molar-refractivity contribution >= 4 is 33.3 Å². The molecule has 3 heterocycles. The van der Waals surface area contributed by atoms with E-state index in [-0.39, 0.29) is 27.8 Å². The lowest BCUT2D eigenvalue weighted by Gasteiger charge is -2.36. The predicted molar refractivity (Wildman–Crippen MR) is 130 cm³/mol. The summed E-state index contributed by atoms with van der Waals surface area (Å²) in [6, 6.07) is 10.9. The summed E-state index contributed by atoms with van der Waals surface area (Å²) in [6.07, 6.45) is 2.50. The minimum atomic E-state index is -4.34. The van der Waals surface area contributed by atoms with Crippen molar-refractivity contribution in [3.63, 3.8) is 0 Å².